The van der Waals surface area contributed by atoms with Crippen LogP contribution in [0.4, 0.5) is 0 Å². The molecule has 0 saturated carbocycles. The minimum Gasteiger partial charge on any atom is -0.465 e. The van der Waals surface area contributed by atoms with Crippen molar-refractivity contribution in [3.05, 3.63) is 9.81 Å². The van der Waals surface area contributed by atoms with Crippen molar-refractivity contribution in [2.45, 2.75) is 6.92 Å². The van der Waals surface area contributed by atoms with Gasteiger partial charge in [0.2, 0.25) is 0 Å². The lowest BCUT2D eigenvalue weighted by Gasteiger charge is -2.07. The van der Waals surface area contributed by atoms with Crippen LogP contribution in [0.25, 0.3) is 0 Å². The van der Waals surface area contributed by atoms with Crippen molar-refractivity contribution in [1.82, 2.24) is 0 Å². The molecule has 0 aliphatic rings. The molecule has 0 aromatic heterocycles. The minimum atomic E-state index is -0.782. The number of thiol groups is 1. The predicted octanol–water partition coefficient (Wildman–Crippen LogP) is 0.770. The van der Waals surface area contributed by atoms with E-state index < -0.39 is 17.9 Å². The zero-order valence-electron chi connectivity index (χ0n) is 10.2. The molecule has 18 heavy (non-hydrogen) atoms. The van der Waals surface area contributed by atoms with Crippen molar-refractivity contribution in [3.8, 4) is 0 Å². The molecule has 0 aliphatic carbocycles. The molecular formula is C10H14O6S2. The Balaban J connectivity index is 4.86. The Morgan fingerprint density at radius 1 is 1.11 bits per heavy atom. The summed E-state index contributed by atoms with van der Waals surface area (Å²) in [6.07, 6.45) is 0. The smallest absolute Gasteiger partial charge is 0.345 e. The summed E-state index contributed by atoms with van der Waals surface area (Å²) in [5.41, 5.74) is 0. The second-order valence-corrected chi connectivity index (χ2v) is 4.19. The first-order valence-corrected chi connectivity index (χ1v) is 6.29. The number of rotatable bonds is 6. The fraction of sp³-hybridized carbons (Fsp3) is 0.500. The van der Waals surface area contributed by atoms with E-state index in [1.807, 2.05) is 0 Å². The molecule has 0 unspecified atom stereocenters. The van der Waals surface area contributed by atoms with E-state index in [0.29, 0.717) is 0 Å². The molecule has 0 fully saturated rings. The van der Waals surface area contributed by atoms with E-state index in [9.17, 15) is 14.4 Å². The molecule has 0 spiro atoms. The van der Waals surface area contributed by atoms with Crippen LogP contribution in [-0.4, -0.2) is 44.5 Å². The number of hydrogen-bond acceptors (Lipinski definition) is 8. The SMILES string of the molecule is CCOC(=O)CS/C(C(=O)OC)=C(\S)C(=O)OC. The van der Waals surface area contributed by atoms with Crippen LogP contribution in [0.1, 0.15) is 6.92 Å². The van der Waals surface area contributed by atoms with Crippen LogP contribution in [0.5, 0.6) is 0 Å². The van der Waals surface area contributed by atoms with Gasteiger partial charge < -0.3 is 14.2 Å². The summed E-state index contributed by atoms with van der Waals surface area (Å²) in [5.74, 6) is -2.18. The largest absolute Gasteiger partial charge is 0.465 e. The van der Waals surface area contributed by atoms with Gasteiger partial charge in [-0.25, -0.2) is 9.59 Å². The predicted molar refractivity (Wildman–Crippen MR) is 69.1 cm³/mol. The molecule has 0 aliphatic heterocycles. The Hall–Kier alpha value is -1.15. The van der Waals surface area contributed by atoms with Crippen LogP contribution in [-0.2, 0) is 28.6 Å². The summed E-state index contributed by atoms with van der Waals surface area (Å²) in [5, 5.41) is 0. The number of carbonyl (C=O) groups excluding carboxylic acids is 3. The average Bonchev–Trinajstić information content (AvgIpc) is 2.37. The zero-order chi connectivity index (χ0) is 14.1. The molecule has 102 valence electrons. The lowest BCUT2D eigenvalue weighted by atomic mass is 10.5. The van der Waals surface area contributed by atoms with Crippen molar-refractivity contribution < 1.29 is 28.6 Å². The maximum atomic E-state index is 11.4. The first kappa shape index (κ1) is 16.9. The van der Waals surface area contributed by atoms with Gasteiger partial charge in [-0.1, -0.05) is 0 Å². The molecule has 0 aromatic carbocycles. The van der Waals surface area contributed by atoms with Crippen molar-refractivity contribution in [1.29, 1.82) is 0 Å². The van der Waals surface area contributed by atoms with E-state index in [2.05, 4.69) is 22.1 Å². The third-order valence-corrected chi connectivity index (χ3v) is 3.20. The normalized spacial score (nSPS) is 11.3. The first-order chi connectivity index (χ1) is 8.47. The molecule has 0 amide bonds. The second-order valence-electron chi connectivity index (χ2n) is 2.75. The fourth-order valence-corrected chi connectivity index (χ4v) is 1.98. The fourth-order valence-electron chi connectivity index (χ4n) is 0.840. The van der Waals surface area contributed by atoms with E-state index in [0.717, 1.165) is 26.0 Å². The quantitative estimate of drug-likeness (QED) is 0.335. The monoisotopic (exact) mass is 294 g/mol. The van der Waals surface area contributed by atoms with Gasteiger partial charge in [-0.05, 0) is 6.92 Å². The number of methoxy groups -OCH3 is 2. The highest BCUT2D eigenvalue weighted by Crippen LogP contribution is 2.24. The summed E-state index contributed by atoms with van der Waals surface area (Å²) in [7, 11) is 2.31. The van der Waals surface area contributed by atoms with Crippen LogP contribution >= 0.6 is 24.4 Å². The van der Waals surface area contributed by atoms with Crippen molar-refractivity contribution in [3.63, 3.8) is 0 Å². The Bertz CT molecular complexity index is 363. The van der Waals surface area contributed by atoms with E-state index in [1.54, 1.807) is 6.92 Å². The molecule has 0 radical (unpaired) electrons. The van der Waals surface area contributed by atoms with Gasteiger partial charge in [-0.15, -0.1) is 24.4 Å². The van der Waals surface area contributed by atoms with Gasteiger partial charge in [0.25, 0.3) is 0 Å². The third-order valence-electron chi connectivity index (χ3n) is 1.60. The first-order valence-electron chi connectivity index (χ1n) is 4.86. The Morgan fingerprint density at radius 3 is 2.11 bits per heavy atom. The number of esters is 3. The Morgan fingerprint density at radius 2 is 1.67 bits per heavy atom. The summed E-state index contributed by atoms with van der Waals surface area (Å²) in [4.78, 5) is 33.5. The number of hydrogen-bond donors (Lipinski definition) is 1. The molecule has 0 atom stereocenters. The van der Waals surface area contributed by atoms with Gasteiger partial charge in [0.05, 0.1) is 26.6 Å². The standard InChI is InChI=1S/C10H14O6S2/c1-4-16-6(11)5-18-8(10(13)15-3)7(17)9(12)14-2/h17H,4-5H2,1-3H3/b8-7-. The highest BCUT2D eigenvalue weighted by atomic mass is 32.2. The zero-order valence-corrected chi connectivity index (χ0v) is 11.9. The minimum absolute atomic E-state index is 0.0965. The molecule has 8 heteroatoms. The van der Waals surface area contributed by atoms with Gasteiger partial charge in [-0.3, -0.25) is 4.79 Å². The molecular weight excluding hydrogens is 280 g/mol. The van der Waals surface area contributed by atoms with Crippen molar-refractivity contribution in [2.24, 2.45) is 0 Å². The lowest BCUT2D eigenvalue weighted by molar-refractivity contribution is -0.140. The Kier molecular flexibility index (Phi) is 8.30. The molecule has 0 bridgehead atoms. The highest BCUT2D eigenvalue weighted by molar-refractivity contribution is 8.05. The van der Waals surface area contributed by atoms with Crippen LogP contribution in [0, 0.1) is 0 Å². The maximum Gasteiger partial charge on any atom is 0.345 e. The molecule has 0 saturated heterocycles. The third kappa shape index (κ3) is 5.46. The summed E-state index contributed by atoms with van der Waals surface area (Å²) >= 11 is 4.69. The van der Waals surface area contributed by atoms with Crippen molar-refractivity contribution in [2.75, 3.05) is 26.6 Å². The van der Waals surface area contributed by atoms with Gasteiger partial charge >= 0.3 is 17.9 Å². The molecule has 0 aromatic rings. The van der Waals surface area contributed by atoms with Gasteiger partial charge in [-0.2, -0.15) is 0 Å². The average molecular weight is 294 g/mol. The van der Waals surface area contributed by atoms with E-state index in [1.165, 1.54) is 0 Å². The van der Waals surface area contributed by atoms with Gasteiger partial charge in [0.1, 0.15) is 9.81 Å². The van der Waals surface area contributed by atoms with Gasteiger partial charge in [0.15, 0.2) is 0 Å². The lowest BCUT2D eigenvalue weighted by Crippen LogP contribution is -2.13. The summed E-state index contributed by atoms with van der Waals surface area (Å²) in [6, 6.07) is 0. The topological polar surface area (TPSA) is 78.9 Å². The molecule has 0 heterocycles. The summed E-state index contributed by atoms with van der Waals surface area (Å²) in [6.45, 7) is 1.90. The van der Waals surface area contributed by atoms with Crippen molar-refractivity contribution >= 4 is 42.3 Å². The van der Waals surface area contributed by atoms with E-state index in [4.69, 9.17) is 4.74 Å². The van der Waals surface area contributed by atoms with E-state index in [-0.39, 0.29) is 22.2 Å². The number of carbonyl (C=O) groups is 3. The molecule has 6 nitrogen and oxygen atoms in total. The van der Waals surface area contributed by atoms with Crippen LogP contribution in [0.2, 0.25) is 0 Å². The molecule has 0 rings (SSSR count). The maximum absolute atomic E-state index is 11.4. The Labute approximate surface area is 114 Å². The van der Waals surface area contributed by atoms with Gasteiger partial charge in [0, 0.05) is 0 Å². The van der Waals surface area contributed by atoms with Crippen LogP contribution < -0.4 is 0 Å². The summed E-state index contributed by atoms with van der Waals surface area (Å²) < 4.78 is 13.6. The van der Waals surface area contributed by atoms with Crippen LogP contribution in [0.15, 0.2) is 9.81 Å². The number of thioether (sulfide) groups is 1. The number of ether oxygens (including phenoxy) is 3. The van der Waals surface area contributed by atoms with Crippen LogP contribution in [0.3, 0.4) is 0 Å². The van der Waals surface area contributed by atoms with E-state index >= 15 is 0 Å². The highest BCUT2D eigenvalue weighted by Gasteiger charge is 2.21. The molecule has 0 N–H and O–H groups in total. The second kappa shape index (κ2) is 8.87.